The smallest absolute Gasteiger partial charge is 0.266 e. The largest absolute Gasteiger partial charge is 0.548 e. The number of hydrogen-bond donors (Lipinski definition) is 0. The summed E-state index contributed by atoms with van der Waals surface area (Å²) in [6.07, 6.45) is 2.15. The number of amides is 1. The zero-order chi connectivity index (χ0) is 17.1. The lowest BCUT2D eigenvalue weighted by atomic mass is 9.98. The molecule has 0 spiro atoms. The standard InChI is InChI=1S/C16H16FNO3S2/c1-3-9(2)13(15(20)21)18-14(19)12(23-16(18)22)8-10-4-6-11(17)7-5-10/h4-9,13H,3H2,1-2H3,(H,20,21)/p-1/b12-8-/t9-,13+/m0/s1. The summed E-state index contributed by atoms with van der Waals surface area (Å²) in [4.78, 5) is 25.4. The van der Waals surface area contributed by atoms with Crippen LogP contribution in [0.2, 0.25) is 0 Å². The first-order valence-electron chi connectivity index (χ1n) is 7.08. The van der Waals surface area contributed by atoms with Gasteiger partial charge in [-0.15, -0.1) is 0 Å². The van der Waals surface area contributed by atoms with Crippen LogP contribution in [-0.4, -0.2) is 27.1 Å². The first-order valence-corrected chi connectivity index (χ1v) is 8.31. The summed E-state index contributed by atoms with van der Waals surface area (Å²) in [6, 6.07) is 4.55. The Morgan fingerprint density at radius 1 is 1.43 bits per heavy atom. The number of carbonyl (C=O) groups excluding carboxylic acids is 2. The topological polar surface area (TPSA) is 60.4 Å². The molecule has 2 atom stereocenters. The monoisotopic (exact) mass is 352 g/mol. The van der Waals surface area contributed by atoms with Gasteiger partial charge in [0, 0.05) is 0 Å². The number of nitrogens with zero attached hydrogens (tertiary/aromatic N) is 1. The van der Waals surface area contributed by atoms with Gasteiger partial charge >= 0.3 is 0 Å². The highest BCUT2D eigenvalue weighted by molar-refractivity contribution is 8.26. The van der Waals surface area contributed by atoms with E-state index in [2.05, 4.69) is 0 Å². The third-order valence-corrected chi connectivity index (χ3v) is 5.02. The van der Waals surface area contributed by atoms with Crippen molar-refractivity contribution in [1.82, 2.24) is 4.90 Å². The third kappa shape index (κ3) is 3.79. The molecule has 2 rings (SSSR count). The molecule has 0 radical (unpaired) electrons. The average Bonchev–Trinajstić information content (AvgIpc) is 2.77. The fourth-order valence-corrected chi connectivity index (χ4v) is 3.57. The van der Waals surface area contributed by atoms with Crippen LogP contribution in [0.3, 0.4) is 0 Å². The summed E-state index contributed by atoms with van der Waals surface area (Å²) < 4.78 is 13.1. The molecule has 1 saturated heterocycles. The van der Waals surface area contributed by atoms with Crippen molar-refractivity contribution in [3.05, 3.63) is 40.6 Å². The molecule has 1 heterocycles. The van der Waals surface area contributed by atoms with Crippen molar-refractivity contribution < 1.29 is 19.1 Å². The second kappa shape index (κ2) is 7.23. The molecule has 7 heteroatoms. The molecular formula is C16H15FNO3S2-. The molecule has 0 unspecified atom stereocenters. The highest BCUT2D eigenvalue weighted by Crippen LogP contribution is 2.35. The number of thioether (sulfide) groups is 1. The van der Waals surface area contributed by atoms with Crippen molar-refractivity contribution in [2.24, 2.45) is 5.92 Å². The summed E-state index contributed by atoms with van der Waals surface area (Å²) in [5, 5.41) is 11.4. The molecule has 0 N–H and O–H groups in total. The molecular weight excluding hydrogens is 337 g/mol. The maximum absolute atomic E-state index is 12.9. The number of carboxylic acid groups (broad SMARTS) is 1. The number of rotatable bonds is 5. The summed E-state index contributed by atoms with van der Waals surface area (Å²) in [5.41, 5.74) is 0.639. The Hall–Kier alpha value is -1.73. The van der Waals surface area contributed by atoms with Crippen molar-refractivity contribution in [3.63, 3.8) is 0 Å². The highest BCUT2D eigenvalue weighted by atomic mass is 32.2. The van der Waals surface area contributed by atoms with Crippen LogP contribution in [0.1, 0.15) is 25.8 Å². The van der Waals surface area contributed by atoms with E-state index >= 15 is 0 Å². The predicted molar refractivity (Wildman–Crippen MR) is 89.7 cm³/mol. The van der Waals surface area contributed by atoms with Crippen molar-refractivity contribution in [2.75, 3.05) is 0 Å². The predicted octanol–water partition coefficient (Wildman–Crippen LogP) is 2.19. The maximum Gasteiger partial charge on any atom is 0.266 e. The van der Waals surface area contributed by atoms with Gasteiger partial charge in [-0.2, -0.15) is 0 Å². The van der Waals surface area contributed by atoms with Gasteiger partial charge in [0.05, 0.1) is 16.9 Å². The molecule has 0 saturated carbocycles. The van der Waals surface area contributed by atoms with E-state index < -0.39 is 17.9 Å². The number of benzene rings is 1. The quantitative estimate of drug-likeness (QED) is 0.600. The lowest BCUT2D eigenvalue weighted by Crippen LogP contribution is -2.53. The second-order valence-corrected chi connectivity index (χ2v) is 6.93. The van der Waals surface area contributed by atoms with Crippen LogP contribution in [0.5, 0.6) is 0 Å². The summed E-state index contributed by atoms with van der Waals surface area (Å²) in [7, 11) is 0. The fraction of sp³-hybridized carbons (Fsp3) is 0.312. The zero-order valence-electron chi connectivity index (χ0n) is 12.6. The van der Waals surface area contributed by atoms with Gasteiger partial charge in [-0.1, -0.05) is 56.4 Å². The van der Waals surface area contributed by atoms with E-state index in [4.69, 9.17) is 12.2 Å². The number of thiocarbonyl (C=S) groups is 1. The second-order valence-electron chi connectivity index (χ2n) is 5.25. The lowest BCUT2D eigenvalue weighted by Gasteiger charge is -2.32. The summed E-state index contributed by atoms with van der Waals surface area (Å²) in [6.45, 7) is 3.58. The number of carboxylic acids is 1. The molecule has 23 heavy (non-hydrogen) atoms. The van der Waals surface area contributed by atoms with Crippen molar-refractivity contribution in [2.45, 2.75) is 26.3 Å². The molecule has 1 fully saturated rings. The average molecular weight is 352 g/mol. The van der Waals surface area contributed by atoms with Gasteiger partial charge in [0.1, 0.15) is 10.1 Å². The number of aliphatic carboxylic acids is 1. The van der Waals surface area contributed by atoms with E-state index in [0.717, 1.165) is 16.7 Å². The van der Waals surface area contributed by atoms with Crippen molar-refractivity contribution >= 4 is 46.3 Å². The Kier molecular flexibility index (Phi) is 5.54. The minimum Gasteiger partial charge on any atom is -0.548 e. The first-order chi connectivity index (χ1) is 10.8. The SMILES string of the molecule is CC[C@H](C)[C@H](C(=O)[O-])N1C(=O)/C(=C/c2ccc(F)cc2)SC1=S. The summed E-state index contributed by atoms with van der Waals surface area (Å²) in [5.74, 6) is -2.44. The van der Waals surface area contributed by atoms with Crippen LogP contribution >= 0.6 is 24.0 Å². The summed E-state index contributed by atoms with van der Waals surface area (Å²) >= 11 is 6.21. The van der Waals surface area contributed by atoms with E-state index in [1.807, 2.05) is 6.92 Å². The molecule has 0 aromatic heterocycles. The van der Waals surface area contributed by atoms with Gasteiger partial charge in [0.25, 0.3) is 5.91 Å². The van der Waals surface area contributed by atoms with Gasteiger partial charge in [0.2, 0.25) is 0 Å². The Labute approximate surface area is 143 Å². The Morgan fingerprint density at radius 2 is 2.04 bits per heavy atom. The lowest BCUT2D eigenvalue weighted by molar-refractivity contribution is -0.311. The normalized spacial score (nSPS) is 19.3. The minimum absolute atomic E-state index is 0.192. The molecule has 122 valence electrons. The van der Waals surface area contributed by atoms with E-state index in [1.165, 1.54) is 24.3 Å². The number of hydrogen-bond acceptors (Lipinski definition) is 5. The minimum atomic E-state index is -1.32. The van der Waals surface area contributed by atoms with Crippen LogP contribution in [0.25, 0.3) is 6.08 Å². The van der Waals surface area contributed by atoms with E-state index in [0.29, 0.717) is 16.9 Å². The van der Waals surface area contributed by atoms with Crippen LogP contribution in [-0.2, 0) is 9.59 Å². The van der Waals surface area contributed by atoms with Gasteiger partial charge in [-0.3, -0.25) is 9.69 Å². The maximum atomic E-state index is 12.9. The first kappa shape index (κ1) is 17.6. The van der Waals surface area contributed by atoms with Crippen LogP contribution in [0.4, 0.5) is 4.39 Å². The van der Waals surface area contributed by atoms with Crippen LogP contribution < -0.4 is 5.11 Å². The molecule has 1 aromatic rings. The molecule has 4 nitrogen and oxygen atoms in total. The van der Waals surface area contributed by atoms with Crippen LogP contribution in [0, 0.1) is 11.7 Å². The Bertz CT molecular complexity index is 672. The molecule has 0 bridgehead atoms. The molecule has 1 aliphatic heterocycles. The Morgan fingerprint density at radius 3 is 2.57 bits per heavy atom. The number of carbonyl (C=O) groups is 2. The fourth-order valence-electron chi connectivity index (χ4n) is 2.25. The zero-order valence-corrected chi connectivity index (χ0v) is 14.2. The van der Waals surface area contributed by atoms with E-state index in [9.17, 15) is 19.1 Å². The number of halogens is 1. The van der Waals surface area contributed by atoms with E-state index in [1.54, 1.807) is 13.0 Å². The third-order valence-electron chi connectivity index (χ3n) is 3.69. The van der Waals surface area contributed by atoms with Crippen LogP contribution in [0.15, 0.2) is 29.2 Å². The molecule has 0 aliphatic carbocycles. The molecule has 1 amide bonds. The van der Waals surface area contributed by atoms with Gasteiger partial charge in [-0.05, 0) is 29.7 Å². The van der Waals surface area contributed by atoms with Gasteiger partial charge in [0.15, 0.2) is 0 Å². The van der Waals surface area contributed by atoms with Crippen molar-refractivity contribution in [1.29, 1.82) is 0 Å². The van der Waals surface area contributed by atoms with Gasteiger partial charge < -0.3 is 9.90 Å². The highest BCUT2D eigenvalue weighted by Gasteiger charge is 2.39. The molecule has 1 aliphatic rings. The van der Waals surface area contributed by atoms with Crippen molar-refractivity contribution in [3.8, 4) is 0 Å². The van der Waals surface area contributed by atoms with Gasteiger partial charge in [-0.25, -0.2) is 4.39 Å². The Balaban J connectivity index is 2.32. The molecule has 1 aromatic carbocycles. The van der Waals surface area contributed by atoms with E-state index in [-0.39, 0.29) is 16.1 Å².